The third-order valence-electron chi connectivity index (χ3n) is 7.97. The van der Waals surface area contributed by atoms with Crippen molar-refractivity contribution in [2.45, 2.75) is 31.7 Å². The van der Waals surface area contributed by atoms with Gasteiger partial charge in [0.2, 0.25) is 29.7 Å². The van der Waals surface area contributed by atoms with E-state index >= 15 is 0 Å². The van der Waals surface area contributed by atoms with Gasteiger partial charge < -0.3 is 25.6 Å². The molecule has 2 fully saturated rings. The summed E-state index contributed by atoms with van der Waals surface area (Å²) in [7, 11) is 0. The molecule has 44 heavy (non-hydrogen) atoms. The molecule has 14 heteroatoms. The number of aromatic nitrogens is 5. The van der Waals surface area contributed by atoms with Crippen molar-refractivity contribution in [1.82, 2.24) is 29.8 Å². The number of fused-ring (bicyclic) bond motifs is 1. The molecule has 1 atom stereocenters. The average Bonchev–Trinajstić information content (AvgIpc) is 3.45. The van der Waals surface area contributed by atoms with Crippen LogP contribution >= 0.6 is 0 Å². The first-order valence-electron chi connectivity index (χ1n) is 14.6. The van der Waals surface area contributed by atoms with Crippen LogP contribution in [0.1, 0.15) is 30.7 Å². The van der Waals surface area contributed by atoms with E-state index in [-0.39, 0.29) is 17.8 Å². The zero-order chi connectivity index (χ0) is 30.6. The summed E-state index contributed by atoms with van der Waals surface area (Å²) < 4.78 is 35.1. The van der Waals surface area contributed by atoms with E-state index in [1.54, 1.807) is 24.3 Å². The van der Waals surface area contributed by atoms with Gasteiger partial charge in [0, 0.05) is 38.5 Å². The number of nitrogens with one attached hydrogen (secondary N) is 1. The second-order valence-corrected chi connectivity index (χ2v) is 10.8. The van der Waals surface area contributed by atoms with Crippen molar-refractivity contribution < 1.29 is 23.1 Å². The van der Waals surface area contributed by atoms with Crippen LogP contribution in [0.4, 0.5) is 20.7 Å². The van der Waals surface area contributed by atoms with Crippen molar-refractivity contribution in [2.75, 3.05) is 49.2 Å². The van der Waals surface area contributed by atoms with Crippen molar-refractivity contribution in [2.24, 2.45) is 11.7 Å². The van der Waals surface area contributed by atoms with E-state index < -0.39 is 24.2 Å². The number of nitrogens with zero attached hydrogens (tertiary/aromatic N) is 7. The molecule has 2 aromatic heterocycles. The second-order valence-electron chi connectivity index (χ2n) is 10.8. The van der Waals surface area contributed by atoms with Crippen molar-refractivity contribution in [3.05, 3.63) is 66.0 Å². The molecule has 3 N–H and O–H groups in total. The van der Waals surface area contributed by atoms with Crippen LogP contribution in [0.5, 0.6) is 0 Å². The minimum Gasteiger partial charge on any atom is -0.378 e. The predicted octanol–water partition coefficient (Wildman–Crippen LogP) is 2.41. The highest BCUT2D eigenvalue weighted by atomic mass is 19.3. The van der Waals surface area contributed by atoms with Gasteiger partial charge in [-0.05, 0) is 30.5 Å². The topological polar surface area (TPSA) is 144 Å². The van der Waals surface area contributed by atoms with Gasteiger partial charge in [-0.2, -0.15) is 15.0 Å². The number of ether oxygens (including phenoxy) is 1. The molecule has 0 radical (unpaired) electrons. The fourth-order valence-electron chi connectivity index (χ4n) is 5.59. The standard InChI is InChI=1S/C30H33F2N9O3/c31-24(32)26-34-21-8-4-5-9-23(21)41(26)30-37-28(36-29(38-30)40-14-16-44-17-15-40)39-12-10-20(11-13-39)27(43)35-22(25(33)42)18-19-6-2-1-3-7-19/h1-9,20,22,24H,10-18H2,(H2,33,42)(H,35,43)/t22-/m0/s1. The van der Waals surface area contributed by atoms with E-state index in [4.69, 9.17) is 15.5 Å². The van der Waals surface area contributed by atoms with Gasteiger partial charge in [0.15, 0.2) is 5.82 Å². The number of rotatable bonds is 9. The molecule has 2 aromatic carbocycles. The molecule has 230 valence electrons. The molecule has 0 spiro atoms. The Hall–Kier alpha value is -4.72. The predicted molar refractivity (Wildman–Crippen MR) is 159 cm³/mol. The molecule has 0 unspecified atom stereocenters. The van der Waals surface area contributed by atoms with Crippen LogP contribution in [0, 0.1) is 5.92 Å². The molecule has 4 aromatic rings. The van der Waals surface area contributed by atoms with Crippen LogP contribution in [-0.2, 0) is 20.7 Å². The number of para-hydroxylation sites is 2. The number of primary amides is 1. The summed E-state index contributed by atoms with van der Waals surface area (Å²) in [6.07, 6.45) is -1.59. The first-order chi connectivity index (χ1) is 21.4. The van der Waals surface area contributed by atoms with Crippen molar-refractivity contribution in [3.8, 4) is 5.95 Å². The molecule has 2 aliphatic heterocycles. The third-order valence-corrected chi connectivity index (χ3v) is 7.97. The molecule has 2 saturated heterocycles. The molecule has 12 nitrogen and oxygen atoms in total. The number of morpholine rings is 1. The van der Waals surface area contributed by atoms with E-state index in [0.717, 1.165) is 5.56 Å². The molecular weight excluding hydrogens is 572 g/mol. The number of benzene rings is 2. The number of halogens is 2. The quantitative estimate of drug-likeness (QED) is 0.294. The minimum atomic E-state index is -2.85. The van der Waals surface area contributed by atoms with E-state index in [1.165, 1.54) is 4.57 Å². The van der Waals surface area contributed by atoms with Gasteiger partial charge in [0.05, 0.1) is 24.2 Å². The van der Waals surface area contributed by atoms with Crippen molar-refractivity contribution >= 4 is 34.7 Å². The van der Waals surface area contributed by atoms with Gasteiger partial charge >= 0.3 is 0 Å². The first kappa shape index (κ1) is 29.4. The van der Waals surface area contributed by atoms with Crippen LogP contribution < -0.4 is 20.9 Å². The maximum absolute atomic E-state index is 14.2. The Morgan fingerprint density at radius 1 is 0.864 bits per heavy atom. The maximum atomic E-state index is 14.2. The van der Waals surface area contributed by atoms with Gasteiger partial charge in [-0.3, -0.25) is 14.2 Å². The largest absolute Gasteiger partial charge is 0.378 e. The van der Waals surface area contributed by atoms with Gasteiger partial charge in [0.25, 0.3) is 6.43 Å². The summed E-state index contributed by atoms with van der Waals surface area (Å²) in [5, 5.41) is 2.83. The average molecular weight is 606 g/mol. The van der Waals surface area contributed by atoms with Crippen LogP contribution in [-0.4, -0.2) is 81.8 Å². The Kier molecular flexibility index (Phi) is 8.59. The number of imidazole rings is 1. The zero-order valence-electron chi connectivity index (χ0n) is 24.0. The zero-order valence-corrected chi connectivity index (χ0v) is 24.0. The van der Waals surface area contributed by atoms with Crippen LogP contribution in [0.2, 0.25) is 0 Å². The summed E-state index contributed by atoms with van der Waals surface area (Å²) in [4.78, 5) is 47.3. The Morgan fingerprint density at radius 2 is 1.48 bits per heavy atom. The summed E-state index contributed by atoms with van der Waals surface area (Å²) >= 11 is 0. The summed E-state index contributed by atoms with van der Waals surface area (Å²) in [6, 6.07) is 15.4. The summed E-state index contributed by atoms with van der Waals surface area (Å²) in [6.45, 7) is 2.95. The fourth-order valence-corrected chi connectivity index (χ4v) is 5.59. The minimum absolute atomic E-state index is 0.0468. The van der Waals surface area contributed by atoms with E-state index in [1.807, 2.05) is 40.1 Å². The number of carbonyl (C=O) groups excluding carboxylic acids is 2. The molecule has 4 heterocycles. The molecule has 2 amide bonds. The Balaban J connectivity index is 1.24. The number of amides is 2. The van der Waals surface area contributed by atoms with E-state index in [9.17, 15) is 18.4 Å². The maximum Gasteiger partial charge on any atom is 0.296 e. The molecule has 6 rings (SSSR count). The van der Waals surface area contributed by atoms with Crippen LogP contribution in [0.3, 0.4) is 0 Å². The van der Waals surface area contributed by atoms with Crippen LogP contribution in [0.15, 0.2) is 54.6 Å². The monoisotopic (exact) mass is 605 g/mol. The lowest BCUT2D eigenvalue weighted by Gasteiger charge is -2.33. The first-order valence-corrected chi connectivity index (χ1v) is 14.6. The normalized spacial score (nSPS) is 16.8. The smallest absolute Gasteiger partial charge is 0.296 e. The third kappa shape index (κ3) is 6.30. The van der Waals surface area contributed by atoms with Gasteiger partial charge in [0.1, 0.15) is 6.04 Å². The lowest BCUT2D eigenvalue weighted by atomic mass is 9.95. The van der Waals surface area contributed by atoms with Gasteiger partial charge in [-0.15, -0.1) is 0 Å². The van der Waals surface area contributed by atoms with Crippen molar-refractivity contribution in [3.63, 3.8) is 0 Å². The van der Waals surface area contributed by atoms with Crippen molar-refractivity contribution in [1.29, 1.82) is 0 Å². The Labute approximate surface area is 252 Å². The number of anilines is 2. The number of alkyl halides is 2. The second kappa shape index (κ2) is 12.9. The van der Waals surface area contributed by atoms with Crippen LogP contribution in [0.25, 0.3) is 17.0 Å². The fraction of sp³-hybridized carbons (Fsp3) is 0.400. The number of piperidine rings is 1. The summed E-state index contributed by atoms with van der Waals surface area (Å²) in [5.74, 6) is -0.892. The SMILES string of the molecule is NC(=O)[C@H](Cc1ccccc1)NC(=O)C1CCN(c2nc(N3CCOCC3)nc(-n3c(C(F)F)nc4ccccc43)n2)CC1. The highest BCUT2D eigenvalue weighted by molar-refractivity contribution is 5.88. The summed E-state index contributed by atoms with van der Waals surface area (Å²) in [5.41, 5.74) is 7.37. The lowest BCUT2D eigenvalue weighted by molar-refractivity contribution is -0.130. The van der Waals surface area contributed by atoms with E-state index in [2.05, 4.69) is 20.3 Å². The lowest BCUT2D eigenvalue weighted by Crippen LogP contribution is -2.49. The molecule has 2 aliphatic rings. The highest BCUT2D eigenvalue weighted by Crippen LogP contribution is 2.29. The molecule has 0 aliphatic carbocycles. The number of hydrogen-bond acceptors (Lipinski definition) is 9. The number of nitrogens with two attached hydrogens (primary N) is 1. The number of carbonyl (C=O) groups is 2. The highest BCUT2D eigenvalue weighted by Gasteiger charge is 2.31. The Morgan fingerprint density at radius 3 is 2.14 bits per heavy atom. The van der Waals surface area contributed by atoms with E-state index in [0.29, 0.717) is 81.6 Å². The number of hydrogen-bond donors (Lipinski definition) is 2. The Bertz CT molecular complexity index is 1620. The van der Waals surface area contributed by atoms with Gasteiger partial charge in [-0.25, -0.2) is 13.8 Å². The molecule has 0 bridgehead atoms. The molecule has 0 saturated carbocycles. The van der Waals surface area contributed by atoms with Gasteiger partial charge in [-0.1, -0.05) is 42.5 Å². The molecular formula is C30H33F2N9O3.